The Bertz CT molecular complexity index is 248. The van der Waals surface area contributed by atoms with Crippen molar-refractivity contribution in [2.45, 2.75) is 57.2 Å². The van der Waals surface area contributed by atoms with E-state index >= 15 is 0 Å². The molecule has 4 nitrogen and oxygen atoms in total. The molecule has 1 aliphatic carbocycles. The van der Waals surface area contributed by atoms with Crippen LogP contribution in [0.4, 0.5) is 0 Å². The number of nitrogens with one attached hydrogen (secondary N) is 2. The second kappa shape index (κ2) is 2.94. The maximum atomic E-state index is 11.7. The summed E-state index contributed by atoms with van der Waals surface area (Å²) in [4.78, 5) is 11.7. The monoisotopic (exact) mass is 198 g/mol. The quantitative estimate of drug-likeness (QED) is 0.610. The minimum absolute atomic E-state index is 0.0162. The van der Waals surface area contributed by atoms with Crippen LogP contribution in [0.25, 0.3) is 0 Å². The standard InChI is InChI=1S/C10H18N2O2/c1-9(2,3)14-8(13)7-10(12-11-7)5-4-6-10/h7,11-12H,4-6H2,1-3H3. The zero-order chi connectivity index (χ0) is 10.4. The maximum absolute atomic E-state index is 11.7. The lowest BCUT2D eigenvalue weighted by molar-refractivity contribution is -0.169. The molecule has 80 valence electrons. The number of ether oxygens (including phenoxy) is 1. The summed E-state index contributed by atoms with van der Waals surface area (Å²) in [5.41, 5.74) is 5.69. The summed E-state index contributed by atoms with van der Waals surface area (Å²) >= 11 is 0. The molecule has 2 aliphatic rings. The summed E-state index contributed by atoms with van der Waals surface area (Å²) in [7, 11) is 0. The Kier molecular flexibility index (Phi) is 2.08. The molecule has 0 aromatic rings. The molecule has 2 fully saturated rings. The van der Waals surface area contributed by atoms with E-state index in [4.69, 9.17) is 4.74 Å². The fourth-order valence-corrected chi connectivity index (χ4v) is 1.97. The molecule has 1 atom stereocenters. The van der Waals surface area contributed by atoms with Crippen LogP contribution in [0.1, 0.15) is 40.0 Å². The van der Waals surface area contributed by atoms with Crippen molar-refractivity contribution in [3.8, 4) is 0 Å². The molecule has 1 spiro atoms. The second-order valence-corrected chi connectivity index (χ2v) is 5.25. The van der Waals surface area contributed by atoms with Crippen LogP contribution in [-0.2, 0) is 9.53 Å². The third-order valence-corrected chi connectivity index (χ3v) is 2.91. The van der Waals surface area contributed by atoms with Crippen molar-refractivity contribution in [3.05, 3.63) is 0 Å². The second-order valence-electron chi connectivity index (χ2n) is 5.25. The van der Waals surface area contributed by atoms with Gasteiger partial charge in [0.1, 0.15) is 11.6 Å². The molecule has 1 heterocycles. The summed E-state index contributed by atoms with van der Waals surface area (Å²) in [5.74, 6) is -0.129. The van der Waals surface area contributed by atoms with E-state index in [2.05, 4.69) is 10.9 Å². The summed E-state index contributed by atoms with van der Waals surface area (Å²) < 4.78 is 5.33. The summed E-state index contributed by atoms with van der Waals surface area (Å²) in [6.45, 7) is 5.68. The average molecular weight is 198 g/mol. The Morgan fingerprint density at radius 2 is 2.07 bits per heavy atom. The first-order chi connectivity index (χ1) is 6.43. The highest BCUT2D eigenvalue weighted by Gasteiger charge is 2.55. The molecule has 14 heavy (non-hydrogen) atoms. The lowest BCUT2D eigenvalue weighted by Gasteiger charge is -2.55. The van der Waals surface area contributed by atoms with Gasteiger partial charge in [0.2, 0.25) is 0 Å². The SMILES string of the molecule is CC(C)(C)OC(=O)C1NNC12CCC2. The number of hydrogen-bond donors (Lipinski definition) is 2. The van der Waals surface area contributed by atoms with E-state index in [1.54, 1.807) is 0 Å². The first-order valence-corrected chi connectivity index (χ1v) is 5.19. The van der Waals surface area contributed by atoms with E-state index in [1.165, 1.54) is 6.42 Å². The zero-order valence-corrected chi connectivity index (χ0v) is 9.02. The molecule has 1 saturated carbocycles. The van der Waals surface area contributed by atoms with Crippen LogP contribution in [-0.4, -0.2) is 23.2 Å². The first-order valence-electron chi connectivity index (χ1n) is 5.19. The van der Waals surface area contributed by atoms with Crippen LogP contribution in [0.3, 0.4) is 0 Å². The third-order valence-electron chi connectivity index (χ3n) is 2.91. The van der Waals surface area contributed by atoms with Gasteiger partial charge in [-0.05, 0) is 40.0 Å². The molecule has 0 radical (unpaired) electrons. The van der Waals surface area contributed by atoms with Gasteiger partial charge >= 0.3 is 5.97 Å². The Morgan fingerprint density at radius 1 is 1.43 bits per heavy atom. The van der Waals surface area contributed by atoms with Crippen molar-refractivity contribution >= 4 is 5.97 Å². The van der Waals surface area contributed by atoms with Crippen molar-refractivity contribution in [2.24, 2.45) is 0 Å². The van der Waals surface area contributed by atoms with Gasteiger partial charge in [0.25, 0.3) is 0 Å². The van der Waals surface area contributed by atoms with E-state index in [0.29, 0.717) is 0 Å². The van der Waals surface area contributed by atoms with Gasteiger partial charge in [-0.3, -0.25) is 4.79 Å². The van der Waals surface area contributed by atoms with E-state index in [9.17, 15) is 4.79 Å². The highest BCUT2D eigenvalue weighted by molar-refractivity contribution is 5.79. The number of hydrogen-bond acceptors (Lipinski definition) is 4. The van der Waals surface area contributed by atoms with Crippen LogP contribution >= 0.6 is 0 Å². The topological polar surface area (TPSA) is 50.4 Å². The van der Waals surface area contributed by atoms with Gasteiger partial charge in [0.05, 0.1) is 5.54 Å². The Labute approximate surface area is 84.4 Å². The average Bonchev–Trinajstić information content (AvgIpc) is 1.73. The number of rotatable bonds is 1. The van der Waals surface area contributed by atoms with Gasteiger partial charge in [-0.25, -0.2) is 10.9 Å². The molecule has 0 aromatic heterocycles. The highest BCUT2D eigenvalue weighted by atomic mass is 16.6. The molecule has 1 saturated heterocycles. The van der Waals surface area contributed by atoms with Gasteiger partial charge in [-0.1, -0.05) is 0 Å². The number of hydrazine groups is 1. The Morgan fingerprint density at radius 3 is 2.36 bits per heavy atom. The van der Waals surface area contributed by atoms with Gasteiger partial charge in [0.15, 0.2) is 0 Å². The van der Waals surface area contributed by atoms with Crippen molar-refractivity contribution in [1.82, 2.24) is 10.9 Å². The molecule has 0 amide bonds. The van der Waals surface area contributed by atoms with Crippen LogP contribution in [0.15, 0.2) is 0 Å². The third kappa shape index (κ3) is 1.53. The molecule has 1 unspecified atom stereocenters. The lowest BCUT2D eigenvalue weighted by atomic mass is 9.69. The van der Waals surface area contributed by atoms with Gasteiger partial charge in [-0.2, -0.15) is 0 Å². The molecular formula is C10H18N2O2. The molecule has 0 aromatic carbocycles. The van der Waals surface area contributed by atoms with E-state index in [-0.39, 0.29) is 23.2 Å². The van der Waals surface area contributed by atoms with Gasteiger partial charge in [0, 0.05) is 0 Å². The Hall–Kier alpha value is -0.610. The van der Waals surface area contributed by atoms with Crippen LogP contribution in [0, 0.1) is 0 Å². The fraction of sp³-hybridized carbons (Fsp3) is 0.900. The maximum Gasteiger partial charge on any atom is 0.326 e. The Balaban J connectivity index is 1.93. The number of carbonyl (C=O) groups excluding carboxylic acids is 1. The predicted octanol–water partition coefficient (Wildman–Crippen LogP) is 0.727. The minimum atomic E-state index is -0.390. The van der Waals surface area contributed by atoms with Crippen molar-refractivity contribution in [2.75, 3.05) is 0 Å². The summed E-state index contributed by atoms with van der Waals surface area (Å²) in [6.07, 6.45) is 3.35. The van der Waals surface area contributed by atoms with Crippen LogP contribution in [0.5, 0.6) is 0 Å². The van der Waals surface area contributed by atoms with Crippen molar-refractivity contribution in [1.29, 1.82) is 0 Å². The number of esters is 1. The molecule has 2 N–H and O–H groups in total. The molecule has 0 bridgehead atoms. The highest BCUT2D eigenvalue weighted by Crippen LogP contribution is 2.39. The lowest BCUT2D eigenvalue weighted by Crippen LogP contribution is -2.82. The van der Waals surface area contributed by atoms with Crippen molar-refractivity contribution < 1.29 is 9.53 Å². The van der Waals surface area contributed by atoms with E-state index in [1.807, 2.05) is 20.8 Å². The molecule has 2 rings (SSSR count). The van der Waals surface area contributed by atoms with Gasteiger partial charge < -0.3 is 4.74 Å². The first kappa shape index (κ1) is 9.93. The largest absolute Gasteiger partial charge is 0.459 e. The number of carbonyl (C=O) groups is 1. The normalized spacial score (nSPS) is 29.2. The minimum Gasteiger partial charge on any atom is -0.459 e. The smallest absolute Gasteiger partial charge is 0.326 e. The van der Waals surface area contributed by atoms with Crippen LogP contribution in [0.2, 0.25) is 0 Å². The van der Waals surface area contributed by atoms with E-state index < -0.39 is 0 Å². The predicted molar refractivity (Wildman–Crippen MR) is 52.5 cm³/mol. The summed E-state index contributed by atoms with van der Waals surface area (Å²) in [6, 6.07) is -0.143. The molecule has 1 aliphatic heterocycles. The molecule has 4 heteroatoms. The summed E-state index contributed by atoms with van der Waals surface area (Å²) in [5, 5.41) is 0. The van der Waals surface area contributed by atoms with Gasteiger partial charge in [-0.15, -0.1) is 0 Å². The van der Waals surface area contributed by atoms with Crippen LogP contribution < -0.4 is 10.9 Å². The van der Waals surface area contributed by atoms with Crippen molar-refractivity contribution in [3.63, 3.8) is 0 Å². The fourth-order valence-electron chi connectivity index (χ4n) is 1.97. The van der Waals surface area contributed by atoms with E-state index in [0.717, 1.165) is 12.8 Å². The molecular weight excluding hydrogens is 180 g/mol. The zero-order valence-electron chi connectivity index (χ0n) is 9.02.